The van der Waals surface area contributed by atoms with E-state index < -0.39 is 33.7 Å². The Morgan fingerprint density at radius 3 is 2.19 bits per heavy atom. The normalized spacial score (nSPS) is 12.9. The number of nitrogens with one attached hydrogen (secondary N) is 1. The molecule has 0 fully saturated rings. The summed E-state index contributed by atoms with van der Waals surface area (Å²) in [6.07, 6.45) is -2.44. The molecule has 168 valence electrons. The second kappa shape index (κ2) is 8.74. The number of hydrogen-bond acceptors (Lipinski definition) is 4. The number of amides is 1. The number of aromatic nitrogens is 1. The zero-order chi connectivity index (χ0) is 23.7. The molecule has 1 atom stereocenters. The maximum absolute atomic E-state index is 12.9. The van der Waals surface area contributed by atoms with Crippen molar-refractivity contribution in [2.45, 2.75) is 31.0 Å². The summed E-state index contributed by atoms with van der Waals surface area (Å²) in [5.74, 6) is -0.559. The minimum atomic E-state index is -4.55. The van der Waals surface area contributed by atoms with E-state index in [1.54, 1.807) is 13.0 Å². The Balaban J connectivity index is 1.91. The van der Waals surface area contributed by atoms with Crippen molar-refractivity contribution in [2.24, 2.45) is 0 Å². The predicted octanol–water partition coefficient (Wildman–Crippen LogP) is 4.97. The van der Waals surface area contributed by atoms with Gasteiger partial charge in [-0.1, -0.05) is 35.9 Å². The van der Waals surface area contributed by atoms with Crippen molar-refractivity contribution >= 4 is 15.7 Å². The van der Waals surface area contributed by atoms with Crippen molar-refractivity contribution in [1.82, 2.24) is 10.3 Å². The fourth-order valence-electron chi connectivity index (χ4n) is 3.05. The van der Waals surface area contributed by atoms with E-state index in [-0.39, 0.29) is 10.5 Å². The van der Waals surface area contributed by atoms with Gasteiger partial charge in [-0.3, -0.25) is 9.78 Å². The fourth-order valence-corrected chi connectivity index (χ4v) is 3.73. The highest BCUT2D eigenvalue weighted by Gasteiger charge is 2.32. The van der Waals surface area contributed by atoms with Crippen LogP contribution in [0.2, 0.25) is 0 Å². The summed E-state index contributed by atoms with van der Waals surface area (Å²) in [6.45, 7) is 3.52. The Hall–Kier alpha value is -3.20. The number of rotatable bonds is 5. The van der Waals surface area contributed by atoms with Crippen LogP contribution in [0.3, 0.4) is 0 Å². The van der Waals surface area contributed by atoms with Gasteiger partial charge in [0, 0.05) is 18.0 Å². The average molecular weight is 462 g/mol. The summed E-state index contributed by atoms with van der Waals surface area (Å²) in [5, 5.41) is 2.68. The quantitative estimate of drug-likeness (QED) is 0.581. The molecule has 1 N–H and O–H groups in total. The lowest BCUT2D eigenvalue weighted by Crippen LogP contribution is -2.27. The van der Waals surface area contributed by atoms with Gasteiger partial charge >= 0.3 is 6.18 Å². The summed E-state index contributed by atoms with van der Waals surface area (Å²) in [5.41, 5.74) is 1.81. The van der Waals surface area contributed by atoms with Gasteiger partial charge in [0.2, 0.25) is 0 Å². The van der Waals surface area contributed by atoms with Gasteiger partial charge in [0.15, 0.2) is 9.84 Å². The van der Waals surface area contributed by atoms with E-state index in [2.05, 4.69) is 10.3 Å². The third-order valence-corrected chi connectivity index (χ3v) is 6.00. The number of carbonyl (C=O) groups is 1. The predicted molar refractivity (Wildman–Crippen MR) is 115 cm³/mol. The van der Waals surface area contributed by atoms with Gasteiger partial charge < -0.3 is 5.32 Å². The molecule has 5 nitrogen and oxygen atoms in total. The van der Waals surface area contributed by atoms with Crippen LogP contribution in [0.5, 0.6) is 0 Å². The van der Waals surface area contributed by atoms with Gasteiger partial charge in [0.05, 0.1) is 10.9 Å². The van der Waals surface area contributed by atoms with E-state index in [1.807, 2.05) is 31.2 Å². The molecule has 0 aliphatic rings. The highest BCUT2D eigenvalue weighted by atomic mass is 32.2. The summed E-state index contributed by atoms with van der Waals surface area (Å²) in [4.78, 5) is 16.3. The number of aryl methyl sites for hydroxylation is 1. The number of hydrogen-bond donors (Lipinski definition) is 1. The van der Waals surface area contributed by atoms with E-state index in [4.69, 9.17) is 0 Å². The molecular formula is C23H21F3N2O3S. The molecule has 32 heavy (non-hydrogen) atoms. The number of pyridine rings is 1. The molecule has 0 saturated carbocycles. The monoisotopic (exact) mass is 462 g/mol. The SMILES string of the molecule is Cc1ccc(-c2cc(C(=O)N[C@H](C)c3ccc(C(F)(F)F)nc3)cc(S(C)(=O)=O)c2)cc1. The Morgan fingerprint density at radius 1 is 1.00 bits per heavy atom. The summed E-state index contributed by atoms with van der Waals surface area (Å²) in [7, 11) is -3.59. The number of carbonyl (C=O) groups excluding carboxylic acids is 1. The first-order valence-electron chi connectivity index (χ1n) is 9.61. The van der Waals surface area contributed by atoms with Gasteiger partial charge in [-0.2, -0.15) is 13.2 Å². The first-order chi connectivity index (χ1) is 14.8. The molecule has 0 saturated heterocycles. The molecule has 3 aromatic rings. The van der Waals surface area contributed by atoms with Crippen molar-refractivity contribution in [1.29, 1.82) is 0 Å². The van der Waals surface area contributed by atoms with Crippen LogP contribution < -0.4 is 5.32 Å². The smallest absolute Gasteiger partial charge is 0.345 e. The highest BCUT2D eigenvalue weighted by molar-refractivity contribution is 7.90. The standard InChI is InChI=1S/C23H21F3N2O3S/c1-14-4-6-16(7-5-14)18-10-19(12-20(11-18)32(3,30)31)22(29)28-15(2)17-8-9-21(27-13-17)23(24,25)26/h4-13,15H,1-3H3,(H,28,29)/t15-/m1/s1. The maximum atomic E-state index is 12.9. The van der Waals surface area contributed by atoms with Crippen LogP contribution in [0.15, 0.2) is 65.7 Å². The largest absolute Gasteiger partial charge is 0.433 e. The molecule has 9 heteroatoms. The average Bonchev–Trinajstić information content (AvgIpc) is 2.72. The lowest BCUT2D eigenvalue weighted by Gasteiger charge is -2.16. The molecule has 0 unspecified atom stereocenters. The lowest BCUT2D eigenvalue weighted by molar-refractivity contribution is -0.141. The molecular weight excluding hydrogens is 441 g/mol. The Labute approximate surface area is 184 Å². The minimum Gasteiger partial charge on any atom is -0.345 e. The lowest BCUT2D eigenvalue weighted by atomic mass is 10.0. The number of sulfone groups is 1. The number of nitrogens with zero attached hydrogens (tertiary/aromatic N) is 1. The van der Waals surface area contributed by atoms with Gasteiger partial charge in [0.1, 0.15) is 5.69 Å². The van der Waals surface area contributed by atoms with E-state index >= 15 is 0 Å². The van der Waals surface area contributed by atoms with Crippen LogP contribution in [0.1, 0.15) is 40.1 Å². The van der Waals surface area contributed by atoms with Crippen LogP contribution in [0, 0.1) is 6.92 Å². The Morgan fingerprint density at radius 2 is 1.66 bits per heavy atom. The maximum Gasteiger partial charge on any atom is 0.433 e. The van der Waals surface area contributed by atoms with Gasteiger partial charge in [-0.25, -0.2) is 8.42 Å². The first kappa shape index (κ1) is 23.5. The van der Waals surface area contributed by atoms with Gasteiger partial charge in [-0.15, -0.1) is 0 Å². The molecule has 0 radical (unpaired) electrons. The van der Waals surface area contributed by atoms with Crippen LogP contribution in [-0.2, 0) is 16.0 Å². The molecule has 0 aliphatic carbocycles. The first-order valence-corrected chi connectivity index (χ1v) is 11.5. The third kappa shape index (κ3) is 5.53. The zero-order valence-corrected chi connectivity index (χ0v) is 18.4. The zero-order valence-electron chi connectivity index (χ0n) is 17.6. The molecule has 1 aromatic heterocycles. The molecule has 0 spiro atoms. The Kier molecular flexibility index (Phi) is 6.41. The van der Waals surface area contributed by atoms with Crippen molar-refractivity contribution in [3.63, 3.8) is 0 Å². The van der Waals surface area contributed by atoms with Crippen molar-refractivity contribution in [3.8, 4) is 11.1 Å². The topological polar surface area (TPSA) is 76.1 Å². The summed E-state index contributed by atoms with van der Waals surface area (Å²) in [6, 6.07) is 13.2. The van der Waals surface area contributed by atoms with Crippen LogP contribution in [0.4, 0.5) is 13.2 Å². The molecule has 3 rings (SSSR count). The van der Waals surface area contributed by atoms with Crippen LogP contribution in [-0.4, -0.2) is 25.6 Å². The van der Waals surface area contributed by atoms with E-state index in [9.17, 15) is 26.4 Å². The minimum absolute atomic E-state index is 0.00965. The molecule has 0 bridgehead atoms. The van der Waals surface area contributed by atoms with Crippen molar-refractivity contribution < 1.29 is 26.4 Å². The van der Waals surface area contributed by atoms with Crippen LogP contribution >= 0.6 is 0 Å². The summed E-state index contributed by atoms with van der Waals surface area (Å²) < 4.78 is 62.5. The van der Waals surface area contributed by atoms with Crippen molar-refractivity contribution in [2.75, 3.05) is 6.26 Å². The highest BCUT2D eigenvalue weighted by Crippen LogP contribution is 2.28. The van der Waals surface area contributed by atoms with Gasteiger partial charge in [0.25, 0.3) is 5.91 Å². The van der Waals surface area contributed by atoms with Crippen molar-refractivity contribution in [3.05, 3.63) is 83.2 Å². The fraction of sp³-hybridized carbons (Fsp3) is 0.217. The van der Waals surface area contributed by atoms with E-state index in [0.717, 1.165) is 29.6 Å². The second-order valence-corrected chi connectivity index (χ2v) is 9.57. The number of benzene rings is 2. The molecule has 1 amide bonds. The number of alkyl halides is 3. The number of halogens is 3. The molecule has 2 aromatic carbocycles. The summed E-state index contributed by atoms with van der Waals surface area (Å²) >= 11 is 0. The molecule has 0 aliphatic heterocycles. The molecule has 1 heterocycles. The second-order valence-electron chi connectivity index (χ2n) is 7.55. The third-order valence-electron chi connectivity index (χ3n) is 4.91. The van der Waals surface area contributed by atoms with Gasteiger partial charge in [-0.05, 0) is 54.8 Å². The van der Waals surface area contributed by atoms with E-state index in [1.165, 1.54) is 18.2 Å². The van der Waals surface area contributed by atoms with E-state index in [0.29, 0.717) is 11.1 Å². The Bertz CT molecular complexity index is 1240. The van der Waals surface area contributed by atoms with Crippen LogP contribution in [0.25, 0.3) is 11.1 Å².